The zero-order valence-electron chi connectivity index (χ0n) is 10.6. The summed E-state index contributed by atoms with van der Waals surface area (Å²) in [5.41, 5.74) is 1.51. The molecule has 2 amide bonds. The van der Waals surface area contributed by atoms with Crippen LogP contribution >= 0.6 is 0 Å². The van der Waals surface area contributed by atoms with E-state index >= 15 is 0 Å². The number of hydrogen-bond acceptors (Lipinski definition) is 5. The third-order valence-corrected chi connectivity index (χ3v) is 1.91. The van der Waals surface area contributed by atoms with Gasteiger partial charge in [-0.05, 0) is 26.8 Å². The number of nitrogens with one attached hydrogen (secondary N) is 2. The number of esters is 1. The topological polar surface area (TPSA) is 93.2 Å². The Labute approximate surface area is 105 Å². The average Bonchev–Trinajstić information content (AvgIpc) is 2.25. The Kier molecular flexibility index (Phi) is 5.04. The number of aryl methyl sites for hydroxylation is 2. The number of anilines is 1. The van der Waals surface area contributed by atoms with Crippen molar-refractivity contribution in [3.8, 4) is 0 Å². The summed E-state index contributed by atoms with van der Waals surface area (Å²) in [6.07, 6.45) is 0. The second kappa shape index (κ2) is 6.53. The number of nitrogens with zero attached hydrogens (tertiary/aromatic N) is 2. The molecule has 0 saturated carbocycles. The summed E-state index contributed by atoms with van der Waals surface area (Å²) in [6, 6.07) is 1.25. The van der Waals surface area contributed by atoms with Crippen molar-refractivity contribution >= 4 is 17.9 Å². The lowest BCUT2D eigenvalue weighted by Gasteiger charge is -2.07. The van der Waals surface area contributed by atoms with E-state index in [9.17, 15) is 9.59 Å². The molecule has 7 nitrogen and oxygen atoms in total. The largest absolute Gasteiger partial charge is 0.465 e. The molecule has 1 aromatic rings. The van der Waals surface area contributed by atoms with Crippen LogP contribution in [0.15, 0.2) is 6.07 Å². The van der Waals surface area contributed by atoms with Gasteiger partial charge in [-0.1, -0.05) is 0 Å². The molecule has 0 aliphatic rings. The Balaban J connectivity index is 2.47. The van der Waals surface area contributed by atoms with Crippen LogP contribution in [-0.2, 0) is 9.53 Å². The lowest BCUT2D eigenvalue weighted by atomic mass is 10.4. The van der Waals surface area contributed by atoms with Gasteiger partial charge in [-0.3, -0.25) is 10.1 Å². The molecule has 0 fully saturated rings. The zero-order valence-corrected chi connectivity index (χ0v) is 10.6. The molecule has 7 heteroatoms. The number of amides is 2. The standard InChI is InChI=1S/C11H16N4O3/c1-4-18-9(16)6-12-11(17)15-10-13-7(2)5-8(3)14-10/h5H,4,6H2,1-3H3,(H2,12,13,14,15,17). The maximum Gasteiger partial charge on any atom is 0.325 e. The number of urea groups is 1. The summed E-state index contributed by atoms with van der Waals surface area (Å²) in [4.78, 5) is 30.5. The number of aromatic nitrogens is 2. The SMILES string of the molecule is CCOC(=O)CNC(=O)Nc1nc(C)cc(C)n1. The quantitative estimate of drug-likeness (QED) is 0.772. The smallest absolute Gasteiger partial charge is 0.325 e. The van der Waals surface area contributed by atoms with E-state index in [0.717, 1.165) is 11.4 Å². The average molecular weight is 252 g/mol. The Morgan fingerprint density at radius 2 is 1.89 bits per heavy atom. The lowest BCUT2D eigenvalue weighted by molar-refractivity contribution is -0.141. The summed E-state index contributed by atoms with van der Waals surface area (Å²) in [7, 11) is 0. The highest BCUT2D eigenvalue weighted by molar-refractivity contribution is 5.89. The first-order valence-corrected chi connectivity index (χ1v) is 5.54. The highest BCUT2D eigenvalue weighted by Crippen LogP contribution is 2.03. The fourth-order valence-electron chi connectivity index (χ4n) is 1.29. The van der Waals surface area contributed by atoms with Crippen molar-refractivity contribution in [1.82, 2.24) is 15.3 Å². The van der Waals surface area contributed by atoms with Gasteiger partial charge in [0.05, 0.1) is 6.61 Å². The molecule has 0 aliphatic carbocycles. The Morgan fingerprint density at radius 1 is 1.28 bits per heavy atom. The van der Waals surface area contributed by atoms with Crippen LogP contribution in [0.4, 0.5) is 10.7 Å². The summed E-state index contributed by atoms with van der Waals surface area (Å²) < 4.78 is 4.67. The second-order valence-electron chi connectivity index (χ2n) is 3.59. The highest BCUT2D eigenvalue weighted by Gasteiger charge is 2.07. The third kappa shape index (κ3) is 4.77. The fourth-order valence-corrected chi connectivity index (χ4v) is 1.29. The van der Waals surface area contributed by atoms with Gasteiger partial charge in [0, 0.05) is 11.4 Å². The first-order valence-electron chi connectivity index (χ1n) is 5.54. The summed E-state index contributed by atoms with van der Waals surface area (Å²) in [6.45, 7) is 5.39. The van der Waals surface area contributed by atoms with E-state index in [1.165, 1.54) is 0 Å². The van der Waals surface area contributed by atoms with Crippen molar-refractivity contribution in [3.05, 3.63) is 17.5 Å². The molecular formula is C11H16N4O3. The zero-order chi connectivity index (χ0) is 13.5. The minimum atomic E-state index is -0.548. The van der Waals surface area contributed by atoms with Crippen molar-refractivity contribution in [2.75, 3.05) is 18.5 Å². The molecule has 0 spiro atoms. The van der Waals surface area contributed by atoms with Crippen LogP contribution in [0.2, 0.25) is 0 Å². The van der Waals surface area contributed by atoms with Gasteiger partial charge in [0.2, 0.25) is 5.95 Å². The van der Waals surface area contributed by atoms with Crippen LogP contribution in [0.1, 0.15) is 18.3 Å². The molecule has 0 aromatic carbocycles. The first-order chi connectivity index (χ1) is 8.51. The molecule has 2 N–H and O–H groups in total. The molecule has 18 heavy (non-hydrogen) atoms. The van der Waals surface area contributed by atoms with E-state index < -0.39 is 12.0 Å². The van der Waals surface area contributed by atoms with Gasteiger partial charge in [-0.15, -0.1) is 0 Å². The van der Waals surface area contributed by atoms with E-state index in [2.05, 4.69) is 25.3 Å². The predicted molar refractivity (Wildman–Crippen MR) is 65.2 cm³/mol. The van der Waals surface area contributed by atoms with Crippen LogP contribution in [0.5, 0.6) is 0 Å². The number of ether oxygens (including phenoxy) is 1. The molecule has 1 heterocycles. The Morgan fingerprint density at radius 3 is 2.44 bits per heavy atom. The van der Waals surface area contributed by atoms with Gasteiger partial charge in [0.15, 0.2) is 0 Å². The first kappa shape index (κ1) is 13.9. The van der Waals surface area contributed by atoms with Gasteiger partial charge in [-0.25, -0.2) is 14.8 Å². The minimum Gasteiger partial charge on any atom is -0.465 e. The molecule has 98 valence electrons. The maximum absolute atomic E-state index is 11.4. The number of hydrogen-bond donors (Lipinski definition) is 2. The van der Waals surface area contributed by atoms with Gasteiger partial charge in [0.1, 0.15) is 6.54 Å². The van der Waals surface area contributed by atoms with E-state index in [0.29, 0.717) is 0 Å². The molecule has 0 atom stereocenters. The van der Waals surface area contributed by atoms with E-state index in [1.54, 1.807) is 26.8 Å². The minimum absolute atomic E-state index is 0.190. The summed E-state index contributed by atoms with van der Waals surface area (Å²) in [5, 5.41) is 4.79. The number of rotatable bonds is 4. The molecule has 0 unspecified atom stereocenters. The molecule has 0 aliphatic heterocycles. The number of carbonyl (C=O) groups excluding carboxylic acids is 2. The van der Waals surface area contributed by atoms with Crippen molar-refractivity contribution < 1.29 is 14.3 Å². The highest BCUT2D eigenvalue weighted by atomic mass is 16.5. The van der Waals surface area contributed by atoms with Gasteiger partial charge < -0.3 is 10.1 Å². The van der Waals surface area contributed by atoms with Crippen LogP contribution in [0, 0.1) is 13.8 Å². The maximum atomic E-state index is 11.4. The van der Waals surface area contributed by atoms with Crippen LogP contribution in [0.3, 0.4) is 0 Å². The van der Waals surface area contributed by atoms with Gasteiger partial charge in [0.25, 0.3) is 0 Å². The predicted octanol–water partition coefficient (Wildman–Crippen LogP) is 0.778. The Bertz CT molecular complexity index is 428. The lowest BCUT2D eigenvalue weighted by Crippen LogP contribution is -2.34. The molecule has 0 saturated heterocycles. The van der Waals surface area contributed by atoms with Crippen molar-refractivity contribution in [1.29, 1.82) is 0 Å². The van der Waals surface area contributed by atoms with E-state index in [4.69, 9.17) is 0 Å². The molecule has 1 aromatic heterocycles. The monoisotopic (exact) mass is 252 g/mol. The molecule has 1 rings (SSSR count). The van der Waals surface area contributed by atoms with Crippen LogP contribution in [-0.4, -0.2) is 35.1 Å². The van der Waals surface area contributed by atoms with Crippen molar-refractivity contribution in [2.45, 2.75) is 20.8 Å². The molecule has 0 bridgehead atoms. The van der Waals surface area contributed by atoms with Crippen LogP contribution < -0.4 is 10.6 Å². The third-order valence-electron chi connectivity index (χ3n) is 1.91. The summed E-state index contributed by atoms with van der Waals surface area (Å²) in [5.74, 6) is -0.289. The van der Waals surface area contributed by atoms with Crippen molar-refractivity contribution in [2.24, 2.45) is 0 Å². The van der Waals surface area contributed by atoms with E-state index in [-0.39, 0.29) is 19.1 Å². The van der Waals surface area contributed by atoms with Gasteiger partial charge in [-0.2, -0.15) is 0 Å². The van der Waals surface area contributed by atoms with Crippen LogP contribution in [0.25, 0.3) is 0 Å². The van der Waals surface area contributed by atoms with Gasteiger partial charge >= 0.3 is 12.0 Å². The summed E-state index contributed by atoms with van der Waals surface area (Å²) >= 11 is 0. The Hall–Kier alpha value is -2.18. The number of carbonyl (C=O) groups is 2. The molecule has 0 radical (unpaired) electrons. The molecular weight excluding hydrogens is 236 g/mol. The van der Waals surface area contributed by atoms with E-state index in [1.807, 2.05) is 0 Å². The van der Waals surface area contributed by atoms with Crippen molar-refractivity contribution in [3.63, 3.8) is 0 Å². The second-order valence-corrected chi connectivity index (χ2v) is 3.59. The normalized spacial score (nSPS) is 9.72. The fraction of sp³-hybridized carbons (Fsp3) is 0.455.